The van der Waals surface area contributed by atoms with Crippen molar-refractivity contribution in [3.8, 4) is 0 Å². The van der Waals surface area contributed by atoms with Crippen LogP contribution in [0.15, 0.2) is 70.5 Å². The second-order valence-corrected chi connectivity index (χ2v) is 5.59. The molecular weight excluding hydrogens is 308 g/mol. The van der Waals surface area contributed by atoms with E-state index in [-0.39, 0.29) is 17.6 Å². The molecular formula is C22H24N2O. The van der Waals surface area contributed by atoms with Crippen LogP contribution >= 0.6 is 0 Å². The zero-order chi connectivity index (χ0) is 18.0. The molecule has 0 fully saturated rings. The lowest BCUT2D eigenvalue weighted by molar-refractivity contribution is 0.577. The molecule has 25 heavy (non-hydrogen) atoms. The first-order valence-corrected chi connectivity index (χ1v) is 9.13. The highest BCUT2D eigenvalue weighted by atomic mass is 16.1. The van der Waals surface area contributed by atoms with E-state index in [2.05, 4.69) is 18.2 Å². The van der Waals surface area contributed by atoms with Gasteiger partial charge in [-0.15, -0.1) is 0 Å². The van der Waals surface area contributed by atoms with Gasteiger partial charge in [0.05, 0.1) is 12.1 Å². The Bertz CT molecular complexity index is 1070. The van der Waals surface area contributed by atoms with Gasteiger partial charge in [-0.25, -0.2) is 0 Å². The normalized spacial score (nSPS) is 19.4. The van der Waals surface area contributed by atoms with E-state index < -0.39 is 0 Å². The van der Waals surface area contributed by atoms with Crippen molar-refractivity contribution < 1.29 is 0 Å². The molecule has 2 unspecified atom stereocenters. The molecule has 0 radical (unpaired) electrons. The van der Waals surface area contributed by atoms with Gasteiger partial charge in [0.15, 0.2) is 0 Å². The van der Waals surface area contributed by atoms with Crippen molar-refractivity contribution in [2.45, 2.75) is 39.8 Å². The molecule has 2 heterocycles. The van der Waals surface area contributed by atoms with Crippen LogP contribution in [0.1, 0.15) is 33.7 Å². The van der Waals surface area contributed by atoms with Crippen molar-refractivity contribution in [2.24, 2.45) is 4.99 Å². The number of fused-ring (bicyclic) bond motifs is 4. The summed E-state index contributed by atoms with van der Waals surface area (Å²) < 4.78 is 1.85. The molecule has 1 aromatic heterocycles. The predicted octanol–water partition coefficient (Wildman–Crippen LogP) is 4.59. The third-order valence-electron chi connectivity index (χ3n) is 4.47. The number of benzene rings is 2. The first-order chi connectivity index (χ1) is 12.3. The van der Waals surface area contributed by atoms with E-state index in [1.807, 2.05) is 74.7 Å². The van der Waals surface area contributed by atoms with Crippen LogP contribution in [0, 0.1) is 0 Å². The summed E-state index contributed by atoms with van der Waals surface area (Å²) in [6.07, 6.45) is 8.12. The number of aromatic nitrogens is 1. The Morgan fingerprint density at radius 1 is 0.880 bits per heavy atom. The van der Waals surface area contributed by atoms with Crippen LogP contribution in [-0.4, -0.2) is 10.6 Å². The summed E-state index contributed by atoms with van der Waals surface area (Å²) in [4.78, 5) is 17.7. The zero-order valence-electron chi connectivity index (χ0n) is 15.2. The van der Waals surface area contributed by atoms with Crippen LogP contribution in [0.2, 0.25) is 0 Å². The summed E-state index contributed by atoms with van der Waals surface area (Å²) in [5.41, 5.74) is 0.876. The van der Waals surface area contributed by atoms with Gasteiger partial charge in [0, 0.05) is 16.2 Å². The molecule has 3 heteroatoms. The van der Waals surface area contributed by atoms with Crippen LogP contribution in [0.4, 0.5) is 0 Å². The predicted molar refractivity (Wildman–Crippen MR) is 106 cm³/mol. The number of hydrogen-bond acceptors (Lipinski definition) is 2. The minimum Gasteiger partial charge on any atom is -0.283 e. The standard InChI is InChI=1S/C18H12N2O.2C2H6/c21-18-13-8-4-6-11-5-3-7-12(16(11)13)17-19-14-9-1-2-10-15(14)20(17)18;2*1-2/h1-10,14-15H;2*1-2H3. The highest BCUT2D eigenvalue weighted by Gasteiger charge is 2.29. The average Bonchev–Trinajstić information content (AvgIpc) is 3.09. The average molecular weight is 332 g/mol. The Balaban J connectivity index is 0.000000428. The topological polar surface area (TPSA) is 34.4 Å². The van der Waals surface area contributed by atoms with E-state index in [1.54, 1.807) is 0 Å². The summed E-state index contributed by atoms with van der Waals surface area (Å²) in [5.74, 6) is 0. The van der Waals surface area contributed by atoms with Crippen LogP contribution < -0.4 is 11.0 Å². The monoisotopic (exact) mass is 332 g/mol. The Morgan fingerprint density at radius 2 is 1.52 bits per heavy atom. The quantitative estimate of drug-likeness (QED) is 0.592. The van der Waals surface area contributed by atoms with Crippen molar-refractivity contribution >= 4 is 21.5 Å². The smallest absolute Gasteiger partial charge is 0.260 e. The number of hydrogen-bond donors (Lipinski definition) is 0. The lowest BCUT2D eigenvalue weighted by Crippen LogP contribution is -2.34. The fourth-order valence-corrected chi connectivity index (χ4v) is 3.55. The Labute approximate surface area is 148 Å². The molecule has 3 nitrogen and oxygen atoms in total. The highest BCUT2D eigenvalue weighted by molar-refractivity contribution is 6.09. The molecule has 0 saturated carbocycles. The Morgan fingerprint density at radius 3 is 2.24 bits per heavy atom. The van der Waals surface area contributed by atoms with Crippen molar-refractivity contribution in [1.29, 1.82) is 0 Å². The molecule has 1 aliphatic heterocycles. The molecule has 128 valence electrons. The van der Waals surface area contributed by atoms with Gasteiger partial charge in [0.1, 0.15) is 5.49 Å². The minimum atomic E-state index is 0.0149. The summed E-state index contributed by atoms with van der Waals surface area (Å²) in [7, 11) is 0. The van der Waals surface area contributed by atoms with Crippen molar-refractivity contribution in [1.82, 2.24) is 4.57 Å². The number of nitrogens with zero attached hydrogens (tertiary/aromatic N) is 2. The second-order valence-electron chi connectivity index (χ2n) is 5.59. The third-order valence-corrected chi connectivity index (χ3v) is 4.47. The molecule has 0 saturated heterocycles. The van der Waals surface area contributed by atoms with E-state index >= 15 is 0 Å². The van der Waals surface area contributed by atoms with Gasteiger partial charge in [0.2, 0.25) is 0 Å². The number of allylic oxidation sites excluding steroid dienone is 2. The van der Waals surface area contributed by atoms with Gasteiger partial charge in [-0.1, -0.05) is 82.3 Å². The van der Waals surface area contributed by atoms with E-state index in [9.17, 15) is 4.79 Å². The molecule has 0 N–H and O–H groups in total. The number of rotatable bonds is 0. The van der Waals surface area contributed by atoms with Gasteiger partial charge in [0.25, 0.3) is 5.56 Å². The molecule has 2 aliphatic rings. The zero-order valence-corrected chi connectivity index (χ0v) is 15.2. The maximum atomic E-state index is 12.9. The molecule has 0 amide bonds. The van der Waals surface area contributed by atoms with Crippen molar-refractivity contribution in [3.05, 3.63) is 76.5 Å². The third kappa shape index (κ3) is 2.51. The van der Waals surface area contributed by atoms with Gasteiger partial charge in [-0.2, -0.15) is 0 Å². The van der Waals surface area contributed by atoms with Crippen LogP contribution in [-0.2, 0) is 0 Å². The first kappa shape index (κ1) is 17.2. The minimum absolute atomic E-state index is 0.0149. The van der Waals surface area contributed by atoms with Crippen LogP contribution in [0.5, 0.6) is 0 Å². The summed E-state index contributed by atoms with van der Waals surface area (Å²) in [6.45, 7) is 8.00. The summed E-state index contributed by atoms with van der Waals surface area (Å²) in [5, 5.41) is 3.98. The lowest BCUT2D eigenvalue weighted by Gasteiger charge is -2.17. The maximum absolute atomic E-state index is 12.9. The fraction of sp³-hybridized carbons (Fsp3) is 0.273. The molecule has 1 aliphatic carbocycles. The SMILES string of the molecule is CC.CC.O=c1c2cccc3cccc(c4n1C1C=CC=CC1N=4)c32. The Hall–Kier alpha value is -2.68. The molecule has 3 aromatic rings. The van der Waals surface area contributed by atoms with Gasteiger partial charge < -0.3 is 0 Å². The molecule has 2 aromatic carbocycles. The first-order valence-electron chi connectivity index (χ1n) is 9.13. The fourth-order valence-electron chi connectivity index (χ4n) is 3.55. The Kier molecular flexibility index (Phi) is 4.84. The van der Waals surface area contributed by atoms with Gasteiger partial charge >= 0.3 is 0 Å². The molecule has 5 rings (SSSR count). The van der Waals surface area contributed by atoms with E-state index in [4.69, 9.17) is 4.99 Å². The summed E-state index contributed by atoms with van der Waals surface area (Å²) >= 11 is 0. The summed E-state index contributed by atoms with van der Waals surface area (Å²) in [6, 6.07) is 12.1. The number of pyridine rings is 1. The van der Waals surface area contributed by atoms with Gasteiger partial charge in [-0.3, -0.25) is 14.4 Å². The molecule has 2 atom stereocenters. The maximum Gasteiger partial charge on any atom is 0.260 e. The van der Waals surface area contributed by atoms with Crippen molar-refractivity contribution in [2.75, 3.05) is 0 Å². The lowest BCUT2D eigenvalue weighted by atomic mass is 10.0. The van der Waals surface area contributed by atoms with E-state index in [0.717, 1.165) is 27.0 Å². The molecule has 0 bridgehead atoms. The molecule has 0 spiro atoms. The van der Waals surface area contributed by atoms with Crippen molar-refractivity contribution in [3.63, 3.8) is 0 Å². The van der Waals surface area contributed by atoms with Crippen LogP contribution in [0.25, 0.3) is 21.5 Å². The van der Waals surface area contributed by atoms with Gasteiger partial charge in [-0.05, 0) is 11.5 Å². The van der Waals surface area contributed by atoms with Crippen LogP contribution in [0.3, 0.4) is 0 Å². The largest absolute Gasteiger partial charge is 0.283 e. The van der Waals surface area contributed by atoms with E-state index in [0.29, 0.717) is 0 Å². The van der Waals surface area contributed by atoms with E-state index in [1.165, 1.54) is 0 Å². The second kappa shape index (κ2) is 7.06. The highest BCUT2D eigenvalue weighted by Crippen LogP contribution is 2.27.